The second-order valence-electron chi connectivity index (χ2n) is 6.06. The molecule has 0 fully saturated rings. The molecule has 116 valence electrons. The average Bonchev–Trinajstić information content (AvgIpc) is 2.50. The lowest BCUT2D eigenvalue weighted by atomic mass is 10.0. The molecular weight excluding hydrogens is 284 g/mol. The Morgan fingerprint density at radius 2 is 1.65 bits per heavy atom. The van der Waals surface area contributed by atoms with E-state index in [2.05, 4.69) is 29.4 Å². The van der Waals surface area contributed by atoms with E-state index in [9.17, 15) is 4.79 Å². The Hall–Kier alpha value is -2.68. The molecule has 0 saturated carbocycles. The van der Waals surface area contributed by atoms with Gasteiger partial charge in [0.05, 0.1) is 11.1 Å². The standard InChI is InChI=1S/C20H20N2O/c1-12-10-13(2)18(14(3)11-12)22-20(23)17-7-5-6-16-9-8-15(4)21-19(16)17/h5-11H,1-4H3,(H,22,23). The van der Waals surface area contributed by atoms with Crippen molar-refractivity contribution in [3.8, 4) is 0 Å². The number of fused-ring (bicyclic) bond motifs is 1. The number of hydrogen-bond acceptors (Lipinski definition) is 2. The fraction of sp³-hybridized carbons (Fsp3) is 0.200. The van der Waals surface area contributed by atoms with Crippen LogP contribution in [0.15, 0.2) is 42.5 Å². The Morgan fingerprint density at radius 1 is 0.957 bits per heavy atom. The van der Waals surface area contributed by atoms with E-state index in [-0.39, 0.29) is 5.91 Å². The molecule has 0 aliphatic carbocycles. The van der Waals surface area contributed by atoms with E-state index in [1.54, 1.807) is 0 Å². The van der Waals surface area contributed by atoms with Crippen molar-refractivity contribution < 1.29 is 4.79 Å². The van der Waals surface area contributed by atoms with E-state index >= 15 is 0 Å². The number of amides is 1. The zero-order valence-corrected chi connectivity index (χ0v) is 13.9. The molecule has 0 atom stereocenters. The van der Waals surface area contributed by atoms with Crippen molar-refractivity contribution in [2.24, 2.45) is 0 Å². The van der Waals surface area contributed by atoms with Gasteiger partial charge < -0.3 is 5.32 Å². The molecule has 1 heterocycles. The summed E-state index contributed by atoms with van der Waals surface area (Å²) in [7, 11) is 0. The monoisotopic (exact) mass is 304 g/mol. The minimum atomic E-state index is -0.122. The van der Waals surface area contributed by atoms with Gasteiger partial charge in [0.1, 0.15) is 0 Å². The Balaban J connectivity index is 2.04. The van der Waals surface area contributed by atoms with Crippen LogP contribution in [-0.2, 0) is 0 Å². The summed E-state index contributed by atoms with van der Waals surface area (Å²) < 4.78 is 0. The number of nitrogens with one attached hydrogen (secondary N) is 1. The lowest BCUT2D eigenvalue weighted by molar-refractivity contribution is 0.102. The molecule has 3 heteroatoms. The van der Waals surface area contributed by atoms with Gasteiger partial charge >= 0.3 is 0 Å². The second-order valence-corrected chi connectivity index (χ2v) is 6.06. The predicted octanol–water partition coefficient (Wildman–Crippen LogP) is 4.72. The minimum Gasteiger partial charge on any atom is -0.321 e. The van der Waals surface area contributed by atoms with Gasteiger partial charge in [-0.25, -0.2) is 0 Å². The molecule has 0 radical (unpaired) electrons. The molecule has 3 nitrogen and oxygen atoms in total. The minimum absolute atomic E-state index is 0.122. The van der Waals surface area contributed by atoms with E-state index in [1.807, 2.05) is 51.1 Å². The number of hydrogen-bond donors (Lipinski definition) is 1. The van der Waals surface area contributed by atoms with Crippen molar-refractivity contribution in [2.75, 3.05) is 5.32 Å². The summed E-state index contributed by atoms with van der Waals surface area (Å²) in [5.41, 5.74) is 6.46. The van der Waals surface area contributed by atoms with Crippen LogP contribution in [0.1, 0.15) is 32.7 Å². The van der Waals surface area contributed by atoms with Crippen LogP contribution in [0, 0.1) is 27.7 Å². The SMILES string of the molecule is Cc1cc(C)c(NC(=O)c2cccc3ccc(C)nc23)c(C)c1. The molecule has 0 saturated heterocycles. The van der Waals surface area contributed by atoms with Crippen molar-refractivity contribution in [3.05, 3.63) is 70.4 Å². The number of para-hydroxylation sites is 1. The first-order chi connectivity index (χ1) is 11.0. The maximum absolute atomic E-state index is 12.8. The highest BCUT2D eigenvalue weighted by Crippen LogP contribution is 2.24. The maximum Gasteiger partial charge on any atom is 0.257 e. The van der Waals surface area contributed by atoms with Crippen molar-refractivity contribution in [3.63, 3.8) is 0 Å². The maximum atomic E-state index is 12.8. The van der Waals surface area contributed by atoms with Crippen molar-refractivity contribution in [1.82, 2.24) is 4.98 Å². The number of anilines is 1. The first-order valence-electron chi connectivity index (χ1n) is 7.71. The lowest BCUT2D eigenvalue weighted by Gasteiger charge is -2.13. The number of aromatic nitrogens is 1. The van der Waals surface area contributed by atoms with Gasteiger partial charge in [0.2, 0.25) is 0 Å². The van der Waals surface area contributed by atoms with Gasteiger partial charge in [0.15, 0.2) is 0 Å². The van der Waals surface area contributed by atoms with Crippen LogP contribution >= 0.6 is 0 Å². The average molecular weight is 304 g/mol. The van der Waals surface area contributed by atoms with Crippen LogP contribution in [0.5, 0.6) is 0 Å². The summed E-state index contributed by atoms with van der Waals surface area (Å²) >= 11 is 0. The zero-order valence-electron chi connectivity index (χ0n) is 13.9. The molecule has 1 aromatic heterocycles. The number of aryl methyl sites for hydroxylation is 4. The quantitative estimate of drug-likeness (QED) is 0.744. The number of benzene rings is 2. The smallest absolute Gasteiger partial charge is 0.257 e. The van der Waals surface area contributed by atoms with Gasteiger partial charge in [0, 0.05) is 16.8 Å². The van der Waals surface area contributed by atoms with Gasteiger partial charge in [-0.05, 0) is 51.0 Å². The largest absolute Gasteiger partial charge is 0.321 e. The molecule has 1 amide bonds. The number of rotatable bonds is 2. The predicted molar refractivity (Wildman–Crippen MR) is 95.1 cm³/mol. The molecule has 3 aromatic rings. The molecular formula is C20H20N2O. The molecule has 0 bridgehead atoms. The van der Waals surface area contributed by atoms with E-state index in [1.165, 1.54) is 5.56 Å². The van der Waals surface area contributed by atoms with Crippen molar-refractivity contribution >= 4 is 22.5 Å². The number of nitrogens with zero attached hydrogens (tertiary/aromatic N) is 1. The molecule has 1 N–H and O–H groups in total. The third kappa shape index (κ3) is 2.95. The third-order valence-corrected chi connectivity index (χ3v) is 4.02. The van der Waals surface area contributed by atoms with Gasteiger partial charge in [-0.2, -0.15) is 0 Å². The second kappa shape index (κ2) is 5.84. The van der Waals surface area contributed by atoms with Crippen LogP contribution in [0.25, 0.3) is 10.9 Å². The van der Waals surface area contributed by atoms with Crippen LogP contribution in [-0.4, -0.2) is 10.9 Å². The molecule has 0 aliphatic rings. The molecule has 3 rings (SSSR count). The Morgan fingerprint density at radius 3 is 2.35 bits per heavy atom. The fourth-order valence-electron chi connectivity index (χ4n) is 2.99. The highest BCUT2D eigenvalue weighted by Gasteiger charge is 2.14. The highest BCUT2D eigenvalue weighted by molar-refractivity contribution is 6.12. The summed E-state index contributed by atoms with van der Waals surface area (Å²) in [5.74, 6) is -0.122. The Kier molecular flexibility index (Phi) is 3.87. The first-order valence-corrected chi connectivity index (χ1v) is 7.71. The lowest BCUT2D eigenvalue weighted by Crippen LogP contribution is -2.15. The van der Waals surface area contributed by atoms with Crippen LogP contribution in [0.3, 0.4) is 0 Å². The topological polar surface area (TPSA) is 42.0 Å². The molecule has 0 aliphatic heterocycles. The fourth-order valence-corrected chi connectivity index (χ4v) is 2.99. The third-order valence-electron chi connectivity index (χ3n) is 4.02. The Bertz CT molecular complexity index is 890. The molecule has 0 spiro atoms. The van der Waals surface area contributed by atoms with Gasteiger partial charge in [-0.3, -0.25) is 9.78 Å². The zero-order chi connectivity index (χ0) is 16.6. The van der Waals surface area contributed by atoms with Crippen molar-refractivity contribution in [1.29, 1.82) is 0 Å². The molecule has 2 aromatic carbocycles. The van der Waals surface area contributed by atoms with Crippen LogP contribution in [0.2, 0.25) is 0 Å². The summed E-state index contributed by atoms with van der Waals surface area (Å²) in [6.07, 6.45) is 0. The number of carbonyl (C=O) groups excluding carboxylic acids is 1. The summed E-state index contributed by atoms with van der Waals surface area (Å²) in [4.78, 5) is 17.3. The number of pyridine rings is 1. The number of carbonyl (C=O) groups is 1. The van der Waals surface area contributed by atoms with Gasteiger partial charge in [-0.15, -0.1) is 0 Å². The van der Waals surface area contributed by atoms with Crippen LogP contribution < -0.4 is 5.32 Å². The normalized spacial score (nSPS) is 10.8. The van der Waals surface area contributed by atoms with E-state index < -0.39 is 0 Å². The van der Waals surface area contributed by atoms with E-state index in [0.717, 1.165) is 33.4 Å². The van der Waals surface area contributed by atoms with E-state index in [0.29, 0.717) is 5.56 Å². The van der Waals surface area contributed by atoms with Crippen molar-refractivity contribution in [2.45, 2.75) is 27.7 Å². The first kappa shape index (κ1) is 15.2. The highest BCUT2D eigenvalue weighted by atomic mass is 16.1. The Labute approximate surface area is 136 Å². The van der Waals surface area contributed by atoms with Gasteiger partial charge in [0.25, 0.3) is 5.91 Å². The molecule has 0 unspecified atom stereocenters. The summed E-state index contributed by atoms with van der Waals surface area (Å²) in [5, 5.41) is 4.03. The van der Waals surface area contributed by atoms with E-state index in [4.69, 9.17) is 0 Å². The molecule has 23 heavy (non-hydrogen) atoms. The summed E-state index contributed by atoms with van der Waals surface area (Å²) in [6, 6.07) is 13.8. The van der Waals surface area contributed by atoms with Crippen LogP contribution in [0.4, 0.5) is 5.69 Å². The summed E-state index contributed by atoms with van der Waals surface area (Å²) in [6.45, 7) is 8.02. The van der Waals surface area contributed by atoms with Gasteiger partial charge in [-0.1, -0.05) is 35.9 Å².